The Morgan fingerprint density at radius 3 is 2.84 bits per heavy atom. The molecule has 2 heterocycles. The molecule has 0 bridgehead atoms. The lowest BCUT2D eigenvalue weighted by atomic mass is 10.1. The fourth-order valence-electron chi connectivity index (χ4n) is 2.56. The normalized spacial score (nSPS) is 10.8. The number of hydrogen-bond acceptors (Lipinski definition) is 6. The number of fused-ring (bicyclic) bond motifs is 1. The molecule has 0 aliphatic carbocycles. The molecule has 2 N–H and O–H groups in total. The van der Waals surface area contributed by atoms with Crippen LogP contribution >= 0.6 is 0 Å². The summed E-state index contributed by atoms with van der Waals surface area (Å²) in [6.07, 6.45) is -0.123. The van der Waals surface area contributed by atoms with Gasteiger partial charge < -0.3 is 10.1 Å². The van der Waals surface area contributed by atoms with Crippen molar-refractivity contribution in [3.63, 3.8) is 0 Å². The van der Waals surface area contributed by atoms with Gasteiger partial charge in [0.05, 0.1) is 24.8 Å². The molecule has 3 aromatic rings. The maximum Gasteiger partial charge on any atom is 0.310 e. The number of aryl methyl sites for hydroxylation is 2. The maximum absolute atomic E-state index is 12.5. The van der Waals surface area contributed by atoms with E-state index in [1.807, 2.05) is 25.1 Å². The van der Waals surface area contributed by atoms with Crippen LogP contribution in [0.3, 0.4) is 0 Å². The summed E-state index contributed by atoms with van der Waals surface area (Å²) >= 11 is 0. The molecule has 0 saturated carbocycles. The molecule has 0 fully saturated rings. The first-order chi connectivity index (χ1) is 12.0. The van der Waals surface area contributed by atoms with Gasteiger partial charge in [0.1, 0.15) is 0 Å². The first kappa shape index (κ1) is 16.7. The number of methoxy groups -OCH3 is 1. The number of hydrogen-bond donors (Lipinski definition) is 2. The van der Waals surface area contributed by atoms with E-state index in [0.717, 1.165) is 5.56 Å². The fourth-order valence-corrected chi connectivity index (χ4v) is 2.56. The van der Waals surface area contributed by atoms with Crippen LogP contribution in [0.5, 0.6) is 0 Å². The van der Waals surface area contributed by atoms with Crippen LogP contribution in [-0.2, 0) is 22.5 Å². The lowest BCUT2D eigenvalue weighted by Gasteiger charge is -2.03. The highest BCUT2D eigenvalue weighted by molar-refractivity contribution is 5.72. The van der Waals surface area contributed by atoms with Gasteiger partial charge in [-0.15, -0.1) is 0 Å². The molecule has 0 saturated heterocycles. The molecule has 0 aliphatic rings. The highest BCUT2D eigenvalue weighted by atomic mass is 16.5. The van der Waals surface area contributed by atoms with Gasteiger partial charge >= 0.3 is 5.97 Å². The summed E-state index contributed by atoms with van der Waals surface area (Å²) in [7, 11) is 1.28. The summed E-state index contributed by atoms with van der Waals surface area (Å²) in [6.45, 7) is 4.26. The summed E-state index contributed by atoms with van der Waals surface area (Å²) in [5, 5.41) is 6.01. The minimum Gasteiger partial charge on any atom is -0.469 e. The molecule has 25 heavy (non-hydrogen) atoms. The van der Waals surface area contributed by atoms with Gasteiger partial charge in [-0.1, -0.05) is 29.8 Å². The van der Waals surface area contributed by atoms with E-state index in [9.17, 15) is 9.59 Å². The van der Waals surface area contributed by atoms with Crippen molar-refractivity contribution in [3.05, 3.63) is 57.0 Å². The number of esters is 1. The van der Waals surface area contributed by atoms with Crippen LogP contribution < -0.4 is 10.9 Å². The molecule has 8 heteroatoms. The van der Waals surface area contributed by atoms with E-state index in [1.165, 1.54) is 17.2 Å². The average Bonchev–Trinajstić information content (AvgIpc) is 2.99. The largest absolute Gasteiger partial charge is 0.469 e. The zero-order chi connectivity index (χ0) is 18.0. The van der Waals surface area contributed by atoms with Crippen LogP contribution in [0.25, 0.3) is 5.78 Å². The van der Waals surface area contributed by atoms with Crippen LogP contribution in [0.4, 0.5) is 5.95 Å². The number of ether oxygens (including phenoxy) is 1. The first-order valence-corrected chi connectivity index (χ1v) is 7.82. The zero-order valence-electron chi connectivity index (χ0n) is 14.3. The Labute approximate surface area is 143 Å². The smallest absolute Gasteiger partial charge is 0.310 e. The molecule has 2 aromatic heterocycles. The van der Waals surface area contributed by atoms with Gasteiger partial charge in [0, 0.05) is 6.54 Å². The standard InChI is InChI=1S/C17H19N5O3/c1-10-5-4-6-12(7-10)9-18-16-20-17-19-11(2)13(8-14(23)25-3)15(24)22(17)21-16/h4-7H,8-9H2,1-3H3,(H2,18,19,20,21). The molecule has 0 unspecified atom stereocenters. The number of carbonyl (C=O) groups is 1. The molecule has 0 spiro atoms. The van der Waals surface area contributed by atoms with Gasteiger partial charge in [-0.05, 0) is 19.4 Å². The van der Waals surface area contributed by atoms with Crippen molar-refractivity contribution in [1.29, 1.82) is 0 Å². The zero-order valence-corrected chi connectivity index (χ0v) is 14.3. The number of nitrogens with one attached hydrogen (secondary N) is 2. The van der Waals surface area contributed by atoms with E-state index in [4.69, 9.17) is 0 Å². The van der Waals surface area contributed by atoms with Gasteiger partial charge in [-0.3, -0.25) is 14.7 Å². The summed E-state index contributed by atoms with van der Waals surface area (Å²) < 4.78 is 5.85. The average molecular weight is 341 g/mol. The van der Waals surface area contributed by atoms with Crippen molar-refractivity contribution >= 4 is 17.7 Å². The quantitative estimate of drug-likeness (QED) is 0.680. The Hall–Kier alpha value is -3.16. The predicted molar refractivity (Wildman–Crippen MR) is 92.6 cm³/mol. The molecule has 130 valence electrons. The molecule has 0 atom stereocenters. The second-order valence-corrected chi connectivity index (χ2v) is 5.78. The number of benzene rings is 1. The second kappa shape index (κ2) is 6.76. The highest BCUT2D eigenvalue weighted by Crippen LogP contribution is 2.09. The van der Waals surface area contributed by atoms with Crippen LogP contribution in [-0.4, -0.2) is 32.7 Å². The number of aromatic nitrogens is 4. The minimum absolute atomic E-state index is 0.123. The number of H-pyrrole nitrogens is 1. The Balaban J connectivity index is 1.88. The minimum atomic E-state index is -0.487. The van der Waals surface area contributed by atoms with Gasteiger partial charge in [0.2, 0.25) is 5.95 Å². The van der Waals surface area contributed by atoms with E-state index in [2.05, 4.69) is 31.2 Å². The van der Waals surface area contributed by atoms with Crippen molar-refractivity contribution in [2.45, 2.75) is 26.8 Å². The predicted octanol–water partition coefficient (Wildman–Crippen LogP) is 1.36. The van der Waals surface area contributed by atoms with Crippen LogP contribution in [0.15, 0.2) is 29.1 Å². The highest BCUT2D eigenvalue weighted by Gasteiger charge is 2.16. The van der Waals surface area contributed by atoms with E-state index in [1.54, 1.807) is 6.92 Å². The molecule has 0 aliphatic heterocycles. The molecule has 8 nitrogen and oxygen atoms in total. The number of aromatic amines is 1. The molecule has 3 rings (SSSR count). The Kier molecular flexibility index (Phi) is 4.51. The topological polar surface area (TPSA) is 101 Å². The Morgan fingerprint density at radius 1 is 1.32 bits per heavy atom. The van der Waals surface area contributed by atoms with Crippen LogP contribution in [0.1, 0.15) is 22.4 Å². The van der Waals surface area contributed by atoms with Crippen LogP contribution in [0.2, 0.25) is 0 Å². The van der Waals surface area contributed by atoms with Crippen molar-refractivity contribution in [1.82, 2.24) is 19.6 Å². The van der Waals surface area contributed by atoms with Crippen molar-refractivity contribution in [2.24, 2.45) is 0 Å². The summed E-state index contributed by atoms with van der Waals surface area (Å²) in [4.78, 5) is 32.6. The van der Waals surface area contributed by atoms with Gasteiger partial charge in [0.15, 0.2) is 0 Å². The molecular weight excluding hydrogens is 322 g/mol. The second-order valence-electron chi connectivity index (χ2n) is 5.78. The summed E-state index contributed by atoms with van der Waals surface area (Å²) in [6, 6.07) is 8.09. The monoisotopic (exact) mass is 341 g/mol. The molecule has 1 aromatic carbocycles. The molecular formula is C17H19N5O3. The Bertz CT molecular complexity index is 990. The van der Waals surface area contributed by atoms with E-state index < -0.39 is 5.97 Å². The molecule has 0 radical (unpaired) electrons. The summed E-state index contributed by atoms with van der Waals surface area (Å²) in [5.74, 6) is 0.197. The first-order valence-electron chi connectivity index (χ1n) is 7.82. The molecule has 0 amide bonds. The number of nitrogens with zero attached hydrogens (tertiary/aromatic N) is 3. The van der Waals surface area contributed by atoms with Crippen molar-refractivity contribution in [3.8, 4) is 0 Å². The third kappa shape index (κ3) is 3.52. The fraction of sp³-hybridized carbons (Fsp3) is 0.294. The third-order valence-corrected chi connectivity index (χ3v) is 3.89. The van der Waals surface area contributed by atoms with E-state index >= 15 is 0 Å². The van der Waals surface area contributed by atoms with Crippen LogP contribution in [0, 0.1) is 13.8 Å². The van der Waals surface area contributed by atoms with E-state index in [-0.39, 0.29) is 17.8 Å². The number of rotatable bonds is 5. The van der Waals surface area contributed by atoms with E-state index in [0.29, 0.717) is 23.8 Å². The third-order valence-electron chi connectivity index (χ3n) is 3.89. The number of anilines is 1. The van der Waals surface area contributed by atoms with Gasteiger partial charge in [-0.25, -0.2) is 4.98 Å². The number of carbonyl (C=O) groups excluding carboxylic acids is 1. The van der Waals surface area contributed by atoms with Gasteiger partial charge in [0.25, 0.3) is 11.3 Å². The summed E-state index contributed by atoms with van der Waals surface area (Å²) in [5.41, 5.74) is 2.67. The van der Waals surface area contributed by atoms with Crippen molar-refractivity contribution < 1.29 is 9.53 Å². The van der Waals surface area contributed by atoms with Crippen molar-refractivity contribution in [2.75, 3.05) is 12.4 Å². The maximum atomic E-state index is 12.5. The lowest BCUT2D eigenvalue weighted by molar-refractivity contribution is -0.139. The van der Waals surface area contributed by atoms with Gasteiger partial charge in [-0.2, -0.15) is 9.50 Å². The lowest BCUT2D eigenvalue weighted by Crippen LogP contribution is -2.24. The Morgan fingerprint density at radius 2 is 2.12 bits per heavy atom. The SMILES string of the molecule is COC(=O)Cc1c(C)nc2nc(NCc3cccc(C)c3)[nH]n2c1=O.